The van der Waals surface area contributed by atoms with Gasteiger partial charge in [-0.25, -0.2) is 0 Å². The number of hydrogen-bond acceptors (Lipinski definition) is 6. The number of rotatable bonds is 8. The van der Waals surface area contributed by atoms with E-state index in [1.165, 1.54) is 0 Å². The molecule has 1 aliphatic carbocycles. The van der Waals surface area contributed by atoms with E-state index in [0.717, 1.165) is 36.6 Å². The third-order valence-electron chi connectivity index (χ3n) is 8.58. The molecule has 1 saturated carbocycles. The molecule has 0 bridgehead atoms. The molecule has 2 aromatic rings. The van der Waals surface area contributed by atoms with Gasteiger partial charge in [-0.2, -0.15) is 0 Å². The van der Waals surface area contributed by atoms with Crippen LogP contribution < -0.4 is 15.4 Å². The number of Topliss-reactive ketones (excluding diaryl/α,β-unsaturated/α-hetero) is 1. The number of benzene rings is 1. The number of nitrogens with one attached hydrogen (secondary N) is 3. The zero-order chi connectivity index (χ0) is 27.0. The molecule has 1 aromatic carbocycles. The van der Waals surface area contributed by atoms with Gasteiger partial charge in [-0.3, -0.25) is 19.2 Å². The Morgan fingerprint density at radius 3 is 2.76 bits per heavy atom. The van der Waals surface area contributed by atoms with Crippen molar-refractivity contribution in [1.82, 2.24) is 20.5 Å². The lowest BCUT2D eigenvalue weighted by Gasteiger charge is -2.31. The van der Waals surface area contributed by atoms with Gasteiger partial charge < -0.3 is 30.4 Å². The molecule has 204 valence electrons. The summed E-state index contributed by atoms with van der Waals surface area (Å²) in [6.07, 6.45) is 4.28. The second kappa shape index (κ2) is 10.8. The number of amides is 3. The van der Waals surface area contributed by atoms with Crippen LogP contribution in [0.4, 0.5) is 0 Å². The number of aromatic amines is 1. The van der Waals surface area contributed by atoms with Crippen molar-refractivity contribution in [3.05, 3.63) is 30.0 Å². The maximum atomic E-state index is 13.7. The van der Waals surface area contributed by atoms with Crippen molar-refractivity contribution in [3.8, 4) is 5.75 Å². The van der Waals surface area contributed by atoms with Gasteiger partial charge in [-0.05, 0) is 69.1 Å². The summed E-state index contributed by atoms with van der Waals surface area (Å²) >= 11 is 0. The summed E-state index contributed by atoms with van der Waals surface area (Å²) in [5.41, 5.74) is 1.14. The number of carbonyl (C=O) groups excluding carboxylic acids is 4. The van der Waals surface area contributed by atoms with Gasteiger partial charge in [0, 0.05) is 29.4 Å². The zero-order valence-electron chi connectivity index (χ0n) is 21.9. The number of ketones is 1. The highest BCUT2D eigenvalue weighted by atomic mass is 16.5. The normalized spacial score (nSPS) is 27.6. The van der Waals surface area contributed by atoms with Gasteiger partial charge in [0.2, 0.25) is 11.8 Å². The van der Waals surface area contributed by atoms with E-state index in [9.17, 15) is 24.3 Å². The second-order valence-electron chi connectivity index (χ2n) is 11.0. The Morgan fingerprint density at radius 2 is 2.03 bits per heavy atom. The minimum Gasteiger partial charge on any atom is -0.496 e. The van der Waals surface area contributed by atoms with Gasteiger partial charge in [-0.1, -0.05) is 12.5 Å². The molecule has 2 aliphatic heterocycles. The molecule has 0 radical (unpaired) electrons. The Kier molecular flexibility index (Phi) is 7.43. The molecule has 2 saturated heterocycles. The largest absolute Gasteiger partial charge is 0.496 e. The van der Waals surface area contributed by atoms with E-state index in [0.29, 0.717) is 24.4 Å². The first-order valence-corrected chi connectivity index (χ1v) is 13.5. The topological polar surface area (TPSA) is 141 Å². The first-order valence-electron chi connectivity index (χ1n) is 13.5. The van der Waals surface area contributed by atoms with Crippen LogP contribution in [0.15, 0.2) is 24.3 Å². The monoisotopic (exact) mass is 524 g/mol. The number of hydrogen-bond donors (Lipinski definition) is 4. The van der Waals surface area contributed by atoms with E-state index in [1.807, 2.05) is 25.1 Å². The van der Waals surface area contributed by atoms with Gasteiger partial charge in [0.05, 0.1) is 13.2 Å². The number of nitrogens with zero attached hydrogens (tertiary/aromatic N) is 1. The predicted molar refractivity (Wildman–Crippen MR) is 139 cm³/mol. The number of ether oxygens (including phenoxy) is 1. The summed E-state index contributed by atoms with van der Waals surface area (Å²) in [5.74, 6) is -0.914. The molecule has 3 aliphatic rings. The molecule has 3 heterocycles. The summed E-state index contributed by atoms with van der Waals surface area (Å²) in [6.45, 7) is 1.67. The Labute approximate surface area is 221 Å². The van der Waals surface area contributed by atoms with Crippen LogP contribution in [-0.2, 0) is 14.4 Å². The Bertz CT molecular complexity index is 1240. The lowest BCUT2D eigenvalue weighted by molar-refractivity contribution is -0.134. The van der Waals surface area contributed by atoms with Gasteiger partial charge >= 0.3 is 0 Å². The van der Waals surface area contributed by atoms with E-state index in [1.54, 1.807) is 18.1 Å². The van der Waals surface area contributed by atoms with E-state index in [4.69, 9.17) is 4.74 Å². The predicted octanol–water partition coefficient (Wildman–Crippen LogP) is 1.77. The molecule has 38 heavy (non-hydrogen) atoms. The lowest BCUT2D eigenvalue weighted by Crippen LogP contribution is -2.54. The van der Waals surface area contributed by atoms with Crippen molar-refractivity contribution in [3.63, 3.8) is 0 Å². The van der Waals surface area contributed by atoms with Gasteiger partial charge in [0.1, 0.15) is 24.1 Å². The Balaban J connectivity index is 1.37. The number of fused-ring (bicyclic) bond motifs is 2. The number of H-pyrrole nitrogens is 1. The van der Waals surface area contributed by atoms with Crippen molar-refractivity contribution in [2.45, 2.75) is 63.6 Å². The fourth-order valence-electron chi connectivity index (χ4n) is 6.59. The lowest BCUT2D eigenvalue weighted by atomic mass is 9.87. The maximum Gasteiger partial charge on any atom is 0.271 e. The van der Waals surface area contributed by atoms with E-state index >= 15 is 0 Å². The Hall–Kier alpha value is -3.40. The summed E-state index contributed by atoms with van der Waals surface area (Å²) in [6, 6.07) is 5.64. The minimum atomic E-state index is -0.994. The highest BCUT2D eigenvalue weighted by Gasteiger charge is 2.50. The van der Waals surface area contributed by atoms with E-state index in [2.05, 4.69) is 15.6 Å². The smallest absolute Gasteiger partial charge is 0.271 e. The highest BCUT2D eigenvalue weighted by molar-refractivity contribution is 6.02. The van der Waals surface area contributed by atoms with Gasteiger partial charge in [-0.15, -0.1) is 0 Å². The molecule has 10 heteroatoms. The number of likely N-dealkylation sites (tertiary alicyclic amines) is 1. The SMILES string of the molecule is COc1cccc2[nH]c(C(=O)N3CC4CCCC4C3C(=O)NC(CC3CCC(C)NC3=O)C(=O)CO)cc12. The number of methoxy groups -OCH3 is 1. The molecule has 6 unspecified atom stereocenters. The molecule has 3 fully saturated rings. The summed E-state index contributed by atoms with van der Waals surface area (Å²) < 4.78 is 5.43. The average molecular weight is 525 g/mol. The zero-order valence-corrected chi connectivity index (χ0v) is 21.9. The van der Waals surface area contributed by atoms with E-state index in [-0.39, 0.29) is 36.1 Å². The number of aliphatic hydroxyl groups is 1. The average Bonchev–Trinajstić information content (AvgIpc) is 3.62. The molecule has 0 spiro atoms. The number of aliphatic hydroxyl groups excluding tert-OH is 1. The van der Waals surface area contributed by atoms with Crippen molar-refractivity contribution < 1.29 is 29.0 Å². The molecule has 4 N–H and O–H groups in total. The standard InChI is InChI=1S/C28H36N4O6/c1-15-9-10-16(26(35)29-15)11-21(23(34)14-33)31-27(36)25-18-6-3-5-17(18)13-32(25)28(37)22-12-19-20(30-22)7-4-8-24(19)38-2/h4,7-8,12,15-18,21,25,30,33H,3,5-6,9-11,13-14H2,1-2H3,(H,29,35)(H,31,36). The fraction of sp³-hybridized carbons (Fsp3) is 0.571. The van der Waals surface area contributed by atoms with E-state index < -0.39 is 36.3 Å². The van der Waals surface area contributed by atoms with Gasteiger partial charge in [0.15, 0.2) is 5.78 Å². The summed E-state index contributed by atoms with van der Waals surface area (Å²) in [4.78, 5) is 57.4. The van der Waals surface area contributed by atoms with Crippen LogP contribution in [0.2, 0.25) is 0 Å². The van der Waals surface area contributed by atoms with Crippen LogP contribution in [-0.4, -0.2) is 76.9 Å². The number of aromatic nitrogens is 1. The Morgan fingerprint density at radius 1 is 1.21 bits per heavy atom. The van der Waals surface area contributed by atoms with Crippen molar-refractivity contribution in [1.29, 1.82) is 0 Å². The third kappa shape index (κ3) is 4.89. The van der Waals surface area contributed by atoms with Crippen molar-refractivity contribution in [2.75, 3.05) is 20.3 Å². The first kappa shape index (κ1) is 26.2. The van der Waals surface area contributed by atoms with Crippen LogP contribution >= 0.6 is 0 Å². The summed E-state index contributed by atoms with van der Waals surface area (Å²) in [7, 11) is 1.58. The molecular weight excluding hydrogens is 488 g/mol. The first-order chi connectivity index (χ1) is 18.3. The fourth-order valence-corrected chi connectivity index (χ4v) is 6.59. The van der Waals surface area contributed by atoms with Crippen molar-refractivity contribution >= 4 is 34.4 Å². The second-order valence-corrected chi connectivity index (χ2v) is 11.0. The highest BCUT2D eigenvalue weighted by Crippen LogP contribution is 2.43. The van der Waals surface area contributed by atoms with Crippen molar-refractivity contribution in [2.24, 2.45) is 17.8 Å². The van der Waals surface area contributed by atoms with Gasteiger partial charge in [0.25, 0.3) is 5.91 Å². The molecule has 1 aromatic heterocycles. The molecule has 10 nitrogen and oxygen atoms in total. The molecular formula is C28H36N4O6. The summed E-state index contributed by atoms with van der Waals surface area (Å²) in [5, 5.41) is 16.1. The van der Waals surface area contributed by atoms with Crippen LogP contribution in [0.5, 0.6) is 5.75 Å². The maximum absolute atomic E-state index is 13.7. The molecule has 3 amide bonds. The van der Waals surface area contributed by atoms with Crippen LogP contribution in [0.1, 0.15) is 55.9 Å². The third-order valence-corrected chi connectivity index (χ3v) is 8.58. The number of carbonyl (C=O) groups is 4. The minimum absolute atomic E-state index is 0.00146. The molecule has 6 atom stereocenters. The van der Waals surface area contributed by atoms with Crippen LogP contribution in [0.3, 0.4) is 0 Å². The van der Waals surface area contributed by atoms with Crippen LogP contribution in [0.25, 0.3) is 10.9 Å². The molecule has 5 rings (SSSR count). The van der Waals surface area contributed by atoms with Crippen LogP contribution in [0, 0.1) is 17.8 Å². The number of piperidine rings is 1. The quantitative estimate of drug-likeness (QED) is 0.415.